The van der Waals surface area contributed by atoms with Crippen LogP contribution in [0.3, 0.4) is 0 Å². The van der Waals surface area contributed by atoms with Crippen molar-refractivity contribution >= 4 is 29.4 Å². The lowest BCUT2D eigenvalue weighted by Crippen LogP contribution is -2.41. The van der Waals surface area contributed by atoms with Crippen molar-refractivity contribution in [3.8, 4) is 0 Å². The lowest BCUT2D eigenvalue weighted by atomic mass is 10.1. The largest absolute Gasteiger partial charge is 0.509 e. The topological polar surface area (TPSA) is 176 Å². The van der Waals surface area contributed by atoms with Gasteiger partial charge in [0.25, 0.3) is 5.56 Å². The van der Waals surface area contributed by atoms with Crippen LogP contribution >= 0.6 is 0 Å². The Morgan fingerprint density at radius 1 is 0.977 bits per heavy atom. The Kier molecular flexibility index (Phi) is 9.72. The number of aliphatic hydroxyl groups excluding tert-OH is 1. The fourth-order valence-corrected chi connectivity index (χ4v) is 4.57. The molecule has 1 saturated heterocycles. The highest BCUT2D eigenvalue weighted by Crippen LogP contribution is 2.35. The zero-order chi connectivity index (χ0) is 31.1. The van der Waals surface area contributed by atoms with Crippen LogP contribution in [0.25, 0.3) is 11.2 Å². The van der Waals surface area contributed by atoms with Gasteiger partial charge < -0.3 is 34.1 Å². The standard InChI is InChI=1S/C30H33N5O9/c1-18(2)13-31-28-33-25-22(26(37)34-28)32-17-35(25)27-24(44-30(39)41-16-20-11-7-4-8-12-20)23(21(14-36)42-27)43-29(38)40-15-19-9-5-3-6-10-19/h3-12,17-18,21,23-24,27,36H,13-16H2,1-2H3,(H2,31,33,34,37)/t21-,23-,24-,27-/m1/s1. The fraction of sp³-hybridized carbons (Fsp3) is 0.367. The number of anilines is 1. The van der Waals surface area contributed by atoms with E-state index in [-0.39, 0.29) is 36.2 Å². The van der Waals surface area contributed by atoms with Gasteiger partial charge in [0.05, 0.1) is 12.9 Å². The van der Waals surface area contributed by atoms with Crippen LogP contribution < -0.4 is 10.9 Å². The quantitative estimate of drug-likeness (QED) is 0.212. The van der Waals surface area contributed by atoms with Crippen molar-refractivity contribution in [2.24, 2.45) is 5.92 Å². The molecule has 0 radical (unpaired) electrons. The zero-order valence-electron chi connectivity index (χ0n) is 24.1. The predicted octanol–water partition coefficient (Wildman–Crippen LogP) is 3.52. The number of carbonyl (C=O) groups excluding carboxylic acids is 2. The highest BCUT2D eigenvalue weighted by atomic mass is 16.8. The van der Waals surface area contributed by atoms with Gasteiger partial charge in [-0.1, -0.05) is 74.5 Å². The molecule has 3 N–H and O–H groups in total. The van der Waals surface area contributed by atoms with Crippen LogP contribution in [0.4, 0.5) is 15.5 Å². The summed E-state index contributed by atoms with van der Waals surface area (Å²) < 4.78 is 29.2. The maximum Gasteiger partial charge on any atom is 0.509 e. The molecule has 1 fully saturated rings. The molecule has 14 nitrogen and oxygen atoms in total. The molecule has 0 unspecified atom stereocenters. The Bertz CT molecular complexity index is 1610. The molecule has 0 amide bonds. The number of nitrogens with one attached hydrogen (secondary N) is 2. The fourth-order valence-electron chi connectivity index (χ4n) is 4.57. The van der Waals surface area contributed by atoms with Crippen molar-refractivity contribution in [2.45, 2.75) is 51.6 Å². The first kappa shape index (κ1) is 30.5. The number of aromatic amines is 1. The second kappa shape index (κ2) is 14.0. The molecule has 0 saturated carbocycles. The van der Waals surface area contributed by atoms with E-state index in [1.54, 1.807) is 48.5 Å². The third-order valence-corrected chi connectivity index (χ3v) is 6.71. The minimum absolute atomic E-state index is 0.00119. The van der Waals surface area contributed by atoms with Crippen LogP contribution in [0.1, 0.15) is 31.2 Å². The Balaban J connectivity index is 1.41. The van der Waals surface area contributed by atoms with Crippen LogP contribution in [-0.4, -0.2) is 68.4 Å². The van der Waals surface area contributed by atoms with Gasteiger partial charge in [-0.3, -0.25) is 14.3 Å². The van der Waals surface area contributed by atoms with E-state index in [1.807, 2.05) is 26.0 Å². The molecule has 4 aromatic rings. The molecule has 5 rings (SSSR count). The lowest BCUT2D eigenvalue weighted by Gasteiger charge is -2.24. The average molecular weight is 608 g/mol. The highest BCUT2D eigenvalue weighted by molar-refractivity contribution is 5.71. The van der Waals surface area contributed by atoms with E-state index < -0.39 is 49.0 Å². The van der Waals surface area contributed by atoms with Crippen molar-refractivity contribution in [3.63, 3.8) is 0 Å². The number of H-pyrrole nitrogens is 1. The summed E-state index contributed by atoms with van der Waals surface area (Å²) in [6.45, 7) is 3.78. The number of benzene rings is 2. The van der Waals surface area contributed by atoms with E-state index in [0.717, 1.165) is 11.1 Å². The summed E-state index contributed by atoms with van der Waals surface area (Å²) in [5.74, 6) is 0.468. The number of ether oxygens (including phenoxy) is 5. The summed E-state index contributed by atoms with van der Waals surface area (Å²) in [5, 5.41) is 13.2. The van der Waals surface area contributed by atoms with Crippen LogP contribution in [0.2, 0.25) is 0 Å². The number of imidazole rings is 1. The van der Waals surface area contributed by atoms with E-state index in [2.05, 4.69) is 20.3 Å². The van der Waals surface area contributed by atoms with Gasteiger partial charge in [0, 0.05) is 6.54 Å². The van der Waals surface area contributed by atoms with Crippen LogP contribution in [-0.2, 0) is 36.9 Å². The van der Waals surface area contributed by atoms with Crippen molar-refractivity contribution in [1.82, 2.24) is 19.5 Å². The molecule has 14 heteroatoms. The first-order chi connectivity index (χ1) is 21.3. The maximum atomic E-state index is 12.9. The summed E-state index contributed by atoms with van der Waals surface area (Å²) in [6, 6.07) is 17.9. The van der Waals surface area contributed by atoms with Gasteiger partial charge in [-0.2, -0.15) is 4.98 Å². The summed E-state index contributed by atoms with van der Waals surface area (Å²) in [7, 11) is 0. The molecule has 3 heterocycles. The number of nitrogens with zero attached hydrogens (tertiary/aromatic N) is 3. The van der Waals surface area contributed by atoms with Gasteiger partial charge in [-0.05, 0) is 17.0 Å². The highest BCUT2D eigenvalue weighted by Gasteiger charge is 2.51. The van der Waals surface area contributed by atoms with Gasteiger partial charge in [0.1, 0.15) is 19.3 Å². The number of hydrogen-bond donors (Lipinski definition) is 3. The molecular weight excluding hydrogens is 574 g/mol. The smallest absolute Gasteiger partial charge is 0.429 e. The number of fused-ring (bicyclic) bond motifs is 1. The molecule has 44 heavy (non-hydrogen) atoms. The van der Waals surface area contributed by atoms with E-state index in [0.29, 0.717) is 6.54 Å². The Labute approximate surface area is 251 Å². The van der Waals surface area contributed by atoms with Gasteiger partial charge in [0.2, 0.25) is 5.95 Å². The van der Waals surface area contributed by atoms with Gasteiger partial charge in [-0.25, -0.2) is 14.6 Å². The van der Waals surface area contributed by atoms with Crippen molar-refractivity contribution in [3.05, 3.63) is 88.5 Å². The molecule has 0 bridgehead atoms. The van der Waals surface area contributed by atoms with E-state index in [9.17, 15) is 19.5 Å². The Hall–Kier alpha value is -4.95. The van der Waals surface area contributed by atoms with Gasteiger partial charge >= 0.3 is 12.3 Å². The first-order valence-corrected chi connectivity index (χ1v) is 14.0. The number of rotatable bonds is 11. The third kappa shape index (κ3) is 7.33. The third-order valence-electron chi connectivity index (χ3n) is 6.71. The Morgan fingerprint density at radius 2 is 1.57 bits per heavy atom. The summed E-state index contributed by atoms with van der Waals surface area (Å²) in [4.78, 5) is 49.8. The summed E-state index contributed by atoms with van der Waals surface area (Å²) in [6.07, 6.45) is -5.90. The lowest BCUT2D eigenvalue weighted by molar-refractivity contribution is -0.0654. The van der Waals surface area contributed by atoms with E-state index >= 15 is 0 Å². The van der Waals surface area contributed by atoms with E-state index in [1.165, 1.54) is 10.9 Å². The molecule has 0 aliphatic carbocycles. The SMILES string of the molecule is CC(C)CNc1nc2c(ncn2[C@@H]2O[C@H](CO)[C@@H](OC(=O)OCc3ccccc3)[C@H]2OC(=O)OCc2ccccc2)c(=O)[nH]1. The normalized spacial score (nSPS) is 19.5. The van der Waals surface area contributed by atoms with Gasteiger partial charge in [0.15, 0.2) is 29.6 Å². The summed E-state index contributed by atoms with van der Waals surface area (Å²) >= 11 is 0. The molecule has 1 aliphatic rings. The summed E-state index contributed by atoms with van der Waals surface area (Å²) in [5.41, 5.74) is 1.05. The molecule has 2 aromatic carbocycles. The van der Waals surface area contributed by atoms with Crippen LogP contribution in [0.5, 0.6) is 0 Å². The van der Waals surface area contributed by atoms with Crippen LogP contribution in [0.15, 0.2) is 71.8 Å². The van der Waals surface area contributed by atoms with Crippen molar-refractivity contribution < 1.29 is 38.4 Å². The number of aromatic nitrogens is 4. The molecule has 1 aliphatic heterocycles. The number of hydrogen-bond acceptors (Lipinski definition) is 12. The monoisotopic (exact) mass is 607 g/mol. The predicted molar refractivity (Wildman–Crippen MR) is 155 cm³/mol. The van der Waals surface area contributed by atoms with Crippen molar-refractivity contribution in [2.75, 3.05) is 18.5 Å². The minimum Gasteiger partial charge on any atom is -0.429 e. The molecule has 0 spiro atoms. The first-order valence-electron chi connectivity index (χ1n) is 14.0. The van der Waals surface area contributed by atoms with Gasteiger partial charge in [-0.15, -0.1) is 0 Å². The minimum atomic E-state index is -1.36. The molecular formula is C30H33N5O9. The van der Waals surface area contributed by atoms with E-state index in [4.69, 9.17) is 23.7 Å². The van der Waals surface area contributed by atoms with Crippen LogP contribution in [0, 0.1) is 5.92 Å². The molecule has 2 aromatic heterocycles. The molecule has 4 atom stereocenters. The van der Waals surface area contributed by atoms with Crippen molar-refractivity contribution in [1.29, 1.82) is 0 Å². The maximum absolute atomic E-state index is 12.9. The zero-order valence-corrected chi connectivity index (χ0v) is 24.1. The number of aliphatic hydroxyl groups is 1. The second-order valence-corrected chi connectivity index (χ2v) is 10.5. The second-order valence-electron chi connectivity index (χ2n) is 10.5. The number of carbonyl (C=O) groups is 2. The Morgan fingerprint density at radius 3 is 2.14 bits per heavy atom. The average Bonchev–Trinajstić information content (AvgIpc) is 3.60. The molecule has 232 valence electrons.